The average Bonchev–Trinajstić information content (AvgIpc) is 3.02. The Labute approximate surface area is 177 Å². The first-order chi connectivity index (χ1) is 14.8. The Morgan fingerprint density at radius 1 is 1.00 bits per heavy atom. The number of amides is 1. The van der Waals surface area contributed by atoms with Crippen LogP contribution in [0.1, 0.15) is 43.2 Å². The molecule has 2 N–H and O–H groups in total. The van der Waals surface area contributed by atoms with Crippen molar-refractivity contribution in [2.45, 2.75) is 38.3 Å². The highest BCUT2D eigenvalue weighted by Gasteiger charge is 2.35. The largest absolute Gasteiger partial charge is 0.418 e. The Balaban J connectivity index is 1.63. The third-order valence-electron chi connectivity index (χ3n) is 5.66. The molecule has 2 aliphatic rings. The Kier molecular flexibility index (Phi) is 5.89. The Morgan fingerprint density at radius 3 is 2.42 bits per heavy atom. The van der Waals surface area contributed by atoms with Gasteiger partial charge in [-0.2, -0.15) is 13.2 Å². The van der Waals surface area contributed by atoms with E-state index in [2.05, 4.69) is 10.6 Å². The molecule has 1 saturated heterocycles. The smallest absolute Gasteiger partial charge is 0.371 e. The van der Waals surface area contributed by atoms with Crippen LogP contribution in [0.3, 0.4) is 0 Å². The van der Waals surface area contributed by atoms with Crippen LogP contribution in [-0.2, 0) is 11.0 Å². The van der Waals surface area contributed by atoms with Crippen molar-refractivity contribution in [2.24, 2.45) is 0 Å². The first-order valence-electron chi connectivity index (χ1n) is 10.4. The van der Waals surface area contributed by atoms with Crippen LogP contribution in [0.5, 0.6) is 0 Å². The van der Waals surface area contributed by atoms with Crippen LogP contribution in [0.2, 0.25) is 0 Å². The molecule has 2 aliphatic heterocycles. The summed E-state index contributed by atoms with van der Waals surface area (Å²) >= 11 is 0. The predicted molar refractivity (Wildman–Crippen MR) is 113 cm³/mol. The summed E-state index contributed by atoms with van der Waals surface area (Å²) in [6.45, 7) is 1.19. The van der Waals surface area contributed by atoms with E-state index in [1.54, 1.807) is 17.0 Å². The van der Waals surface area contributed by atoms with Crippen molar-refractivity contribution in [3.63, 3.8) is 0 Å². The Morgan fingerprint density at radius 2 is 1.71 bits per heavy atom. The number of alkyl halides is 3. The van der Waals surface area contributed by atoms with Crippen molar-refractivity contribution in [1.29, 1.82) is 0 Å². The fourth-order valence-electron chi connectivity index (χ4n) is 4.12. The highest BCUT2D eigenvalue weighted by molar-refractivity contribution is 6.31. The average molecular weight is 433 g/mol. The van der Waals surface area contributed by atoms with Crippen molar-refractivity contribution < 1.29 is 22.4 Å². The summed E-state index contributed by atoms with van der Waals surface area (Å²) in [5.74, 6) is -1.09. The normalized spacial score (nSPS) is 18.4. The number of carbonyl (C=O) groups is 1. The summed E-state index contributed by atoms with van der Waals surface area (Å²) < 4.78 is 55.7. The summed E-state index contributed by atoms with van der Waals surface area (Å²) in [4.78, 5) is 14.0. The number of halogens is 4. The highest BCUT2D eigenvalue weighted by Crippen LogP contribution is 2.39. The molecule has 164 valence electrons. The van der Waals surface area contributed by atoms with E-state index < -0.39 is 23.5 Å². The van der Waals surface area contributed by atoms with E-state index in [9.17, 15) is 22.4 Å². The van der Waals surface area contributed by atoms with Crippen molar-refractivity contribution in [3.8, 4) is 0 Å². The zero-order valence-electron chi connectivity index (χ0n) is 16.9. The summed E-state index contributed by atoms with van der Waals surface area (Å²) in [5, 5.41) is 5.29. The summed E-state index contributed by atoms with van der Waals surface area (Å²) in [6, 6.07) is 8.33. The molecule has 0 radical (unpaired) electrons. The fourth-order valence-corrected chi connectivity index (χ4v) is 4.12. The van der Waals surface area contributed by atoms with Gasteiger partial charge in [0, 0.05) is 36.2 Å². The first kappa shape index (κ1) is 21.2. The van der Waals surface area contributed by atoms with Crippen molar-refractivity contribution in [3.05, 3.63) is 59.5 Å². The number of hydrogen-bond acceptors (Lipinski definition) is 3. The van der Waals surface area contributed by atoms with Gasteiger partial charge in [-0.1, -0.05) is 25.3 Å². The van der Waals surface area contributed by atoms with E-state index in [0.717, 1.165) is 38.2 Å². The lowest BCUT2D eigenvalue weighted by Crippen LogP contribution is -2.29. The lowest BCUT2D eigenvalue weighted by atomic mass is 10.0. The Bertz CT molecular complexity index is 1010. The Hall–Kier alpha value is -3.03. The van der Waals surface area contributed by atoms with Crippen molar-refractivity contribution in [2.75, 3.05) is 28.6 Å². The van der Waals surface area contributed by atoms with Gasteiger partial charge in [-0.05, 0) is 43.2 Å². The minimum Gasteiger partial charge on any atom is -0.371 e. The highest BCUT2D eigenvalue weighted by atomic mass is 19.4. The van der Waals surface area contributed by atoms with Crippen LogP contribution in [0.4, 0.5) is 34.6 Å². The molecule has 4 rings (SSSR count). The molecule has 0 saturated carbocycles. The van der Waals surface area contributed by atoms with E-state index in [4.69, 9.17) is 0 Å². The molecule has 1 fully saturated rings. The molecular weight excluding hydrogens is 410 g/mol. The fraction of sp³-hybridized carbons (Fsp3) is 0.348. The van der Waals surface area contributed by atoms with Gasteiger partial charge in [0.15, 0.2) is 0 Å². The number of benzene rings is 2. The maximum atomic E-state index is 14.2. The van der Waals surface area contributed by atoms with Gasteiger partial charge in [0.2, 0.25) is 0 Å². The van der Waals surface area contributed by atoms with Crippen LogP contribution in [0.15, 0.2) is 42.6 Å². The molecule has 0 aliphatic carbocycles. The van der Waals surface area contributed by atoms with Gasteiger partial charge in [-0.15, -0.1) is 0 Å². The number of carbonyl (C=O) groups excluding carboxylic acids is 1. The predicted octanol–water partition coefficient (Wildman–Crippen LogP) is 6.02. The molecule has 1 amide bonds. The number of hydrogen-bond donors (Lipinski definition) is 2. The molecule has 0 bridgehead atoms. The molecule has 31 heavy (non-hydrogen) atoms. The molecule has 2 aromatic carbocycles. The summed E-state index contributed by atoms with van der Waals surface area (Å²) in [5.41, 5.74) is 0.0963. The van der Waals surface area contributed by atoms with Crippen molar-refractivity contribution >= 4 is 28.5 Å². The van der Waals surface area contributed by atoms with Crippen LogP contribution in [0, 0.1) is 5.82 Å². The number of rotatable bonds is 3. The summed E-state index contributed by atoms with van der Waals surface area (Å²) in [7, 11) is 0. The zero-order valence-corrected chi connectivity index (χ0v) is 16.9. The quantitative estimate of drug-likeness (QED) is 0.460. The number of fused-ring (bicyclic) bond motifs is 1. The minimum atomic E-state index is -4.52. The lowest BCUT2D eigenvalue weighted by Gasteiger charge is -2.29. The van der Waals surface area contributed by atoms with E-state index in [1.165, 1.54) is 24.4 Å². The molecular formula is C23H23F4N3O. The van der Waals surface area contributed by atoms with Gasteiger partial charge in [-0.25, -0.2) is 4.39 Å². The van der Waals surface area contributed by atoms with Crippen LogP contribution < -0.4 is 15.5 Å². The van der Waals surface area contributed by atoms with Gasteiger partial charge in [-0.3, -0.25) is 4.79 Å². The lowest BCUT2D eigenvalue weighted by molar-refractivity contribution is -0.137. The number of nitrogens with one attached hydrogen (secondary N) is 2. The molecule has 2 heterocycles. The molecule has 0 unspecified atom stereocenters. The summed E-state index contributed by atoms with van der Waals surface area (Å²) in [6.07, 6.45) is 1.61. The second-order valence-corrected chi connectivity index (χ2v) is 7.80. The topological polar surface area (TPSA) is 44.4 Å². The molecule has 4 nitrogen and oxygen atoms in total. The molecule has 0 aromatic heterocycles. The number of anilines is 3. The van der Waals surface area contributed by atoms with Crippen LogP contribution in [-0.4, -0.2) is 19.0 Å². The number of nitrogens with zero attached hydrogens (tertiary/aromatic N) is 1. The second-order valence-electron chi connectivity index (χ2n) is 7.80. The third-order valence-corrected chi connectivity index (χ3v) is 5.66. The third kappa shape index (κ3) is 4.52. The van der Waals surface area contributed by atoms with E-state index >= 15 is 0 Å². The maximum absolute atomic E-state index is 14.2. The molecule has 2 aromatic rings. The van der Waals surface area contributed by atoms with Crippen molar-refractivity contribution in [1.82, 2.24) is 0 Å². The molecule has 8 heteroatoms. The molecule has 0 atom stereocenters. The van der Waals surface area contributed by atoms with Gasteiger partial charge in [0.05, 0.1) is 16.8 Å². The second kappa shape index (κ2) is 8.61. The standard InChI is InChI=1S/C23H23F4N3O/c24-18-7-6-8-19-21(18)16(22(31)29-19)14-28-15-9-10-20(17(13-15)23(25,26)27)30-11-4-2-1-3-5-12-30/h6-10,13-14,28H,1-5,11-12H2,(H,29,31). The van der Waals surface area contributed by atoms with Gasteiger partial charge in [0.25, 0.3) is 5.91 Å². The maximum Gasteiger partial charge on any atom is 0.418 e. The zero-order chi connectivity index (χ0) is 22.0. The first-order valence-corrected chi connectivity index (χ1v) is 10.4. The molecule has 0 spiro atoms. The van der Waals surface area contributed by atoms with Gasteiger partial charge < -0.3 is 15.5 Å². The van der Waals surface area contributed by atoms with E-state index in [1.807, 2.05) is 0 Å². The van der Waals surface area contributed by atoms with E-state index in [-0.39, 0.29) is 22.5 Å². The minimum absolute atomic E-state index is 0.0366. The monoisotopic (exact) mass is 433 g/mol. The van der Waals surface area contributed by atoms with Crippen LogP contribution in [0.25, 0.3) is 5.57 Å². The van der Waals surface area contributed by atoms with Gasteiger partial charge in [0.1, 0.15) is 5.82 Å². The van der Waals surface area contributed by atoms with E-state index in [0.29, 0.717) is 18.8 Å². The SMILES string of the molecule is O=C1Nc2cccc(F)c2C1=CNc1ccc(N2CCCCCCC2)c(C(F)(F)F)c1. The van der Waals surface area contributed by atoms with Crippen LogP contribution >= 0.6 is 0 Å². The van der Waals surface area contributed by atoms with Gasteiger partial charge >= 0.3 is 6.18 Å².